The van der Waals surface area contributed by atoms with Gasteiger partial charge in [0.25, 0.3) is 5.89 Å². The van der Waals surface area contributed by atoms with E-state index in [4.69, 9.17) is 16.1 Å². The number of amides is 1. The van der Waals surface area contributed by atoms with Crippen LogP contribution in [0.4, 0.5) is 10.1 Å². The zero-order valence-electron chi connectivity index (χ0n) is 17.7. The lowest BCUT2D eigenvalue weighted by molar-refractivity contribution is -0.119. The minimum absolute atomic E-state index is 0.101. The van der Waals surface area contributed by atoms with Crippen molar-refractivity contribution in [3.05, 3.63) is 88.2 Å². The number of likely N-dealkylation sites (N-methyl/N-ethyl adjacent to an activating group) is 1. The molecule has 3 aromatic heterocycles. The van der Waals surface area contributed by atoms with Crippen molar-refractivity contribution in [3.8, 4) is 22.8 Å². The normalized spacial score (nSPS) is 11.1. The van der Waals surface area contributed by atoms with E-state index in [1.807, 2.05) is 0 Å². The molecule has 2 aromatic carbocycles. The van der Waals surface area contributed by atoms with Gasteiger partial charge in [-0.25, -0.2) is 18.3 Å². The Labute approximate surface area is 196 Å². The monoisotopic (exact) mass is 478 g/mol. The summed E-state index contributed by atoms with van der Waals surface area (Å²) in [5.41, 5.74) is 1.16. The fraction of sp³-hybridized carbons (Fsp3) is 0.0870. The van der Waals surface area contributed by atoms with Crippen molar-refractivity contribution in [2.75, 3.05) is 11.9 Å². The van der Waals surface area contributed by atoms with Crippen molar-refractivity contribution in [1.82, 2.24) is 24.3 Å². The molecular weight excluding hydrogens is 463 g/mol. The lowest BCUT2D eigenvalue weighted by atomic mass is 10.2. The molecule has 9 nitrogen and oxygen atoms in total. The SMILES string of the molecule is CN(C(=O)Cn1nc2c(-c3nc(-c4cccc(F)c4)no3)cccn2c1=O)c1cccc(Cl)c1. The first-order valence-corrected chi connectivity index (χ1v) is 10.5. The standard InChI is InChI=1S/C23H16ClFN6O3/c1-29(17-8-3-6-15(24)12-17)19(32)13-31-23(33)30-10-4-9-18(21(30)27-31)22-26-20(28-34-22)14-5-2-7-16(25)11-14/h2-12H,13H2,1H3. The van der Waals surface area contributed by atoms with Gasteiger partial charge in [-0.3, -0.25) is 4.79 Å². The van der Waals surface area contributed by atoms with Crippen LogP contribution in [-0.2, 0) is 11.3 Å². The minimum atomic E-state index is -0.505. The zero-order valence-corrected chi connectivity index (χ0v) is 18.5. The molecule has 0 N–H and O–H groups in total. The minimum Gasteiger partial charge on any atom is -0.333 e. The van der Waals surface area contributed by atoms with E-state index in [1.54, 1.807) is 55.6 Å². The van der Waals surface area contributed by atoms with Gasteiger partial charge in [0, 0.05) is 29.5 Å². The number of rotatable bonds is 5. The average Bonchev–Trinajstić information content (AvgIpc) is 3.44. The maximum atomic E-state index is 13.6. The summed E-state index contributed by atoms with van der Waals surface area (Å²) in [5.74, 6) is -0.495. The van der Waals surface area contributed by atoms with Crippen LogP contribution in [0.5, 0.6) is 0 Å². The Morgan fingerprint density at radius 3 is 2.76 bits per heavy atom. The number of benzene rings is 2. The highest BCUT2D eigenvalue weighted by Crippen LogP contribution is 2.25. The number of fused-ring (bicyclic) bond motifs is 1. The number of pyridine rings is 1. The summed E-state index contributed by atoms with van der Waals surface area (Å²) in [4.78, 5) is 31.4. The second kappa shape index (κ2) is 8.56. The van der Waals surface area contributed by atoms with Crippen LogP contribution in [0, 0.1) is 5.82 Å². The first-order valence-electron chi connectivity index (χ1n) is 10.1. The molecule has 3 heterocycles. The molecule has 0 saturated carbocycles. The van der Waals surface area contributed by atoms with Gasteiger partial charge in [-0.15, -0.1) is 5.10 Å². The van der Waals surface area contributed by atoms with Gasteiger partial charge in [0.1, 0.15) is 12.4 Å². The molecule has 0 saturated heterocycles. The van der Waals surface area contributed by atoms with Crippen LogP contribution in [0.25, 0.3) is 28.5 Å². The number of halogens is 2. The number of anilines is 1. The molecule has 0 aliphatic heterocycles. The summed E-state index contributed by atoms with van der Waals surface area (Å²) >= 11 is 6.01. The lowest BCUT2D eigenvalue weighted by Crippen LogP contribution is -2.34. The van der Waals surface area contributed by atoms with Crippen molar-refractivity contribution in [2.45, 2.75) is 6.54 Å². The highest BCUT2D eigenvalue weighted by atomic mass is 35.5. The second-order valence-electron chi connectivity index (χ2n) is 7.42. The quantitative estimate of drug-likeness (QED) is 0.382. The Morgan fingerprint density at radius 2 is 1.97 bits per heavy atom. The van der Waals surface area contributed by atoms with Gasteiger partial charge in [-0.1, -0.05) is 35.0 Å². The van der Waals surface area contributed by atoms with E-state index >= 15 is 0 Å². The molecule has 0 aliphatic rings. The van der Waals surface area contributed by atoms with Crippen LogP contribution in [0.2, 0.25) is 5.02 Å². The number of nitrogens with zero attached hydrogens (tertiary/aromatic N) is 6. The molecule has 0 aliphatic carbocycles. The van der Waals surface area contributed by atoms with Crippen LogP contribution in [0.3, 0.4) is 0 Å². The second-order valence-corrected chi connectivity index (χ2v) is 7.86. The highest BCUT2D eigenvalue weighted by molar-refractivity contribution is 6.30. The Morgan fingerprint density at radius 1 is 1.15 bits per heavy atom. The molecule has 0 bridgehead atoms. The van der Waals surface area contributed by atoms with Gasteiger partial charge in [0.15, 0.2) is 5.65 Å². The van der Waals surface area contributed by atoms with Crippen molar-refractivity contribution in [2.24, 2.45) is 0 Å². The van der Waals surface area contributed by atoms with Crippen molar-refractivity contribution >= 4 is 28.8 Å². The number of carbonyl (C=O) groups is 1. The van der Waals surface area contributed by atoms with Gasteiger partial charge in [-0.05, 0) is 42.5 Å². The molecule has 11 heteroatoms. The van der Waals surface area contributed by atoms with Crippen molar-refractivity contribution in [3.63, 3.8) is 0 Å². The largest absolute Gasteiger partial charge is 0.350 e. The van der Waals surface area contributed by atoms with E-state index in [2.05, 4.69) is 15.2 Å². The molecule has 0 atom stereocenters. The van der Waals surface area contributed by atoms with E-state index in [-0.39, 0.29) is 29.8 Å². The molecule has 1 amide bonds. The van der Waals surface area contributed by atoms with E-state index in [0.29, 0.717) is 21.8 Å². The maximum Gasteiger partial charge on any atom is 0.350 e. The van der Waals surface area contributed by atoms with Crippen LogP contribution in [0.1, 0.15) is 0 Å². The van der Waals surface area contributed by atoms with Gasteiger partial charge >= 0.3 is 5.69 Å². The fourth-order valence-corrected chi connectivity index (χ4v) is 3.63. The molecule has 0 fully saturated rings. The Balaban J connectivity index is 1.48. The summed E-state index contributed by atoms with van der Waals surface area (Å²) in [5, 5.41) is 8.72. The average molecular weight is 479 g/mol. The Bertz CT molecular complexity index is 1590. The van der Waals surface area contributed by atoms with Crippen LogP contribution < -0.4 is 10.6 Å². The van der Waals surface area contributed by atoms with Crippen molar-refractivity contribution < 1.29 is 13.7 Å². The molecule has 170 valence electrons. The van der Waals surface area contributed by atoms with Gasteiger partial charge < -0.3 is 9.42 Å². The first kappa shape index (κ1) is 21.5. The summed E-state index contributed by atoms with van der Waals surface area (Å²) in [7, 11) is 1.59. The fourth-order valence-electron chi connectivity index (χ4n) is 3.45. The molecule has 0 radical (unpaired) electrons. The summed E-state index contributed by atoms with van der Waals surface area (Å²) in [6.45, 7) is -0.290. The first-order chi connectivity index (χ1) is 16.4. The van der Waals surface area contributed by atoms with Crippen molar-refractivity contribution in [1.29, 1.82) is 0 Å². The summed E-state index contributed by atoms with van der Waals surface area (Å²) in [6.07, 6.45) is 1.53. The molecule has 5 aromatic rings. The lowest BCUT2D eigenvalue weighted by Gasteiger charge is -2.17. The molecule has 0 spiro atoms. The smallest absolute Gasteiger partial charge is 0.333 e. The Hall–Kier alpha value is -4.31. The summed E-state index contributed by atoms with van der Waals surface area (Å²) in [6, 6.07) is 15.9. The predicted molar refractivity (Wildman–Crippen MR) is 123 cm³/mol. The maximum absolute atomic E-state index is 13.6. The van der Waals surface area contributed by atoms with E-state index in [0.717, 1.165) is 4.68 Å². The van der Waals surface area contributed by atoms with Crippen LogP contribution in [-0.4, -0.2) is 37.3 Å². The Kier molecular flexibility index (Phi) is 5.42. The van der Waals surface area contributed by atoms with Crippen LogP contribution in [0.15, 0.2) is 76.2 Å². The molecule has 34 heavy (non-hydrogen) atoms. The third kappa shape index (κ3) is 3.95. The number of hydrogen-bond donors (Lipinski definition) is 0. The third-order valence-electron chi connectivity index (χ3n) is 5.20. The van der Waals surface area contributed by atoms with E-state index < -0.39 is 11.5 Å². The van der Waals surface area contributed by atoms with Crippen LogP contribution >= 0.6 is 11.6 Å². The summed E-state index contributed by atoms with van der Waals surface area (Å²) < 4.78 is 21.3. The van der Waals surface area contributed by atoms with Gasteiger partial charge in [0.05, 0.1) is 5.56 Å². The molecule has 0 unspecified atom stereocenters. The zero-order chi connectivity index (χ0) is 23.8. The molecule has 5 rings (SSSR count). The number of hydrogen-bond acceptors (Lipinski definition) is 6. The highest BCUT2D eigenvalue weighted by Gasteiger charge is 2.20. The van der Waals surface area contributed by atoms with Gasteiger partial charge in [-0.2, -0.15) is 4.98 Å². The predicted octanol–water partition coefficient (Wildman–Crippen LogP) is 3.67. The molecular formula is C23H16ClFN6O3. The van der Waals surface area contributed by atoms with Gasteiger partial charge in [0.2, 0.25) is 11.7 Å². The number of aromatic nitrogens is 5. The third-order valence-corrected chi connectivity index (χ3v) is 5.44. The topological polar surface area (TPSA) is 98.5 Å². The van der Waals surface area contributed by atoms with E-state index in [9.17, 15) is 14.0 Å². The number of carbonyl (C=O) groups excluding carboxylic acids is 1. The van der Waals surface area contributed by atoms with E-state index in [1.165, 1.54) is 27.6 Å².